The largest absolute Gasteiger partial charge is 0.417 e. The van der Waals surface area contributed by atoms with Crippen LogP contribution in [-0.4, -0.2) is 46.8 Å². The molecular formula is C20H25BrF3N3O2. The average molecular weight is 476 g/mol. The van der Waals surface area contributed by atoms with Crippen molar-refractivity contribution < 1.29 is 17.9 Å². The maximum atomic E-state index is 13.2. The molecule has 2 aliphatic rings. The maximum absolute atomic E-state index is 13.2. The van der Waals surface area contributed by atoms with Gasteiger partial charge in [-0.1, -0.05) is 15.9 Å². The number of fused-ring (bicyclic) bond motifs is 1. The second-order valence-electron chi connectivity index (χ2n) is 8.08. The Morgan fingerprint density at radius 1 is 1.07 bits per heavy atom. The van der Waals surface area contributed by atoms with Gasteiger partial charge in [0.1, 0.15) is 0 Å². The van der Waals surface area contributed by atoms with Gasteiger partial charge in [0.15, 0.2) is 0 Å². The number of halogens is 4. The molecule has 4 rings (SSSR count). The summed E-state index contributed by atoms with van der Waals surface area (Å²) in [6.45, 7) is 1.79. The van der Waals surface area contributed by atoms with E-state index in [1.807, 2.05) is 0 Å². The molecule has 0 amide bonds. The summed E-state index contributed by atoms with van der Waals surface area (Å²) in [6.07, 6.45) is 1.95. The van der Waals surface area contributed by atoms with Crippen molar-refractivity contribution in [3.05, 3.63) is 32.7 Å². The molecule has 2 aromatic rings. The molecule has 1 aromatic carbocycles. The third-order valence-electron chi connectivity index (χ3n) is 6.47. The number of hydrogen-bond donors (Lipinski definition) is 1. The van der Waals surface area contributed by atoms with Crippen molar-refractivity contribution in [3.63, 3.8) is 0 Å². The van der Waals surface area contributed by atoms with E-state index in [9.17, 15) is 18.0 Å². The Bertz CT molecular complexity index is 923. The number of rotatable bonds is 3. The van der Waals surface area contributed by atoms with Gasteiger partial charge < -0.3 is 14.6 Å². The molecule has 1 saturated heterocycles. The summed E-state index contributed by atoms with van der Waals surface area (Å²) >= 11 is 3.03. The molecule has 160 valence electrons. The van der Waals surface area contributed by atoms with E-state index in [-0.39, 0.29) is 21.7 Å². The maximum Gasteiger partial charge on any atom is 0.417 e. The summed E-state index contributed by atoms with van der Waals surface area (Å²) in [5, 5.41) is 0. The molecule has 2 fully saturated rings. The first kappa shape index (κ1) is 20.9. The van der Waals surface area contributed by atoms with Crippen molar-refractivity contribution in [2.75, 3.05) is 20.2 Å². The van der Waals surface area contributed by atoms with Crippen LogP contribution in [0.25, 0.3) is 11.0 Å². The van der Waals surface area contributed by atoms with Crippen molar-refractivity contribution in [1.82, 2.24) is 14.5 Å². The molecule has 1 aromatic heterocycles. The van der Waals surface area contributed by atoms with Crippen LogP contribution in [0.15, 0.2) is 21.4 Å². The minimum absolute atomic E-state index is 0.00792. The summed E-state index contributed by atoms with van der Waals surface area (Å²) in [6, 6.07) is 2.98. The number of hydrogen-bond acceptors (Lipinski definition) is 3. The quantitative estimate of drug-likeness (QED) is 0.699. The van der Waals surface area contributed by atoms with E-state index < -0.39 is 11.7 Å². The first-order valence-corrected chi connectivity index (χ1v) is 10.8. The van der Waals surface area contributed by atoms with Crippen LogP contribution in [0.3, 0.4) is 0 Å². The zero-order valence-electron chi connectivity index (χ0n) is 16.3. The van der Waals surface area contributed by atoms with Crippen molar-refractivity contribution in [1.29, 1.82) is 0 Å². The SMILES string of the molecule is COC1CCC(N2CCC(n3c(=O)[nH]c4cc(C(F)(F)F)c(Br)cc43)CC2)CC1. The lowest BCUT2D eigenvalue weighted by atomic mass is 9.90. The summed E-state index contributed by atoms with van der Waals surface area (Å²) in [7, 11) is 1.77. The highest BCUT2D eigenvalue weighted by Gasteiger charge is 2.35. The van der Waals surface area contributed by atoms with Crippen LogP contribution in [0, 0.1) is 0 Å². The van der Waals surface area contributed by atoms with Gasteiger partial charge in [0, 0.05) is 36.8 Å². The lowest BCUT2D eigenvalue weighted by Gasteiger charge is -2.40. The molecule has 29 heavy (non-hydrogen) atoms. The first-order chi connectivity index (χ1) is 13.8. The fourth-order valence-electron chi connectivity index (χ4n) is 4.88. The van der Waals surface area contributed by atoms with Crippen LogP contribution < -0.4 is 5.69 Å². The fourth-order valence-corrected chi connectivity index (χ4v) is 5.44. The molecule has 5 nitrogen and oxygen atoms in total. The van der Waals surface area contributed by atoms with Gasteiger partial charge in [-0.2, -0.15) is 13.2 Å². The Morgan fingerprint density at radius 3 is 2.31 bits per heavy atom. The number of nitrogens with one attached hydrogen (secondary N) is 1. The molecule has 0 unspecified atom stereocenters. The number of H-pyrrole nitrogens is 1. The average Bonchev–Trinajstić information content (AvgIpc) is 3.01. The molecule has 1 aliphatic carbocycles. The standard InChI is InChI=1S/C20H25BrF3N3O2/c1-29-14-4-2-12(3-5-14)26-8-6-13(7-9-26)27-18-11-16(21)15(20(22,23)24)10-17(18)25-19(27)28/h10-14H,2-9H2,1H3,(H,25,28). The van der Waals surface area contributed by atoms with Gasteiger partial charge in [-0.15, -0.1) is 0 Å². The Hall–Kier alpha value is -1.32. The van der Waals surface area contributed by atoms with Gasteiger partial charge in [0.25, 0.3) is 0 Å². The summed E-state index contributed by atoms with van der Waals surface area (Å²) in [4.78, 5) is 17.7. The number of methoxy groups -OCH3 is 1. The van der Waals surface area contributed by atoms with Crippen molar-refractivity contribution in [3.8, 4) is 0 Å². The fraction of sp³-hybridized carbons (Fsp3) is 0.650. The number of nitrogens with zero attached hydrogens (tertiary/aromatic N) is 2. The molecule has 0 atom stereocenters. The topological polar surface area (TPSA) is 50.3 Å². The van der Waals surface area contributed by atoms with Crippen LogP contribution in [0.5, 0.6) is 0 Å². The van der Waals surface area contributed by atoms with E-state index in [1.165, 1.54) is 6.07 Å². The summed E-state index contributed by atoms with van der Waals surface area (Å²) in [5.41, 5.74) is -0.370. The molecule has 1 N–H and O–H groups in total. The molecule has 1 aliphatic heterocycles. The van der Waals surface area contributed by atoms with E-state index >= 15 is 0 Å². The van der Waals surface area contributed by atoms with Crippen molar-refractivity contribution in [2.45, 2.75) is 62.9 Å². The zero-order chi connectivity index (χ0) is 20.8. The molecular weight excluding hydrogens is 451 g/mol. The number of alkyl halides is 3. The smallest absolute Gasteiger partial charge is 0.381 e. The molecule has 0 radical (unpaired) electrons. The zero-order valence-corrected chi connectivity index (χ0v) is 17.9. The third kappa shape index (κ3) is 4.14. The highest BCUT2D eigenvalue weighted by atomic mass is 79.9. The Morgan fingerprint density at radius 2 is 1.72 bits per heavy atom. The van der Waals surface area contributed by atoms with E-state index in [2.05, 4.69) is 25.8 Å². The number of benzene rings is 1. The summed E-state index contributed by atoms with van der Waals surface area (Å²) < 4.78 is 46.5. The van der Waals surface area contributed by atoms with Crippen LogP contribution in [0.1, 0.15) is 50.1 Å². The lowest BCUT2D eigenvalue weighted by molar-refractivity contribution is -0.138. The van der Waals surface area contributed by atoms with Gasteiger partial charge in [0.05, 0.1) is 22.7 Å². The molecule has 2 heterocycles. The van der Waals surface area contributed by atoms with E-state index in [1.54, 1.807) is 11.7 Å². The number of ether oxygens (including phenoxy) is 1. The lowest BCUT2D eigenvalue weighted by Crippen LogP contribution is -2.45. The predicted octanol–water partition coefficient (Wildman–Crippen LogP) is 4.71. The number of aromatic amines is 1. The number of piperidine rings is 1. The third-order valence-corrected chi connectivity index (χ3v) is 7.12. The van der Waals surface area contributed by atoms with Crippen LogP contribution in [0.4, 0.5) is 13.2 Å². The minimum Gasteiger partial charge on any atom is -0.381 e. The number of imidazole rings is 1. The van der Waals surface area contributed by atoms with Crippen molar-refractivity contribution >= 4 is 27.0 Å². The highest BCUT2D eigenvalue weighted by Crippen LogP contribution is 2.38. The second kappa shape index (κ2) is 8.07. The van der Waals surface area contributed by atoms with Crippen molar-refractivity contribution in [2.24, 2.45) is 0 Å². The number of likely N-dealkylation sites (tertiary alicyclic amines) is 1. The Balaban J connectivity index is 1.51. The van der Waals surface area contributed by atoms with Crippen LogP contribution >= 0.6 is 15.9 Å². The summed E-state index contributed by atoms with van der Waals surface area (Å²) in [5.74, 6) is 0. The van der Waals surface area contributed by atoms with Gasteiger partial charge in [-0.3, -0.25) is 4.57 Å². The Labute approximate surface area is 175 Å². The van der Waals surface area contributed by atoms with Gasteiger partial charge in [-0.05, 0) is 50.7 Å². The highest BCUT2D eigenvalue weighted by molar-refractivity contribution is 9.10. The van der Waals surface area contributed by atoms with E-state index in [0.717, 1.165) is 57.7 Å². The Kier molecular flexibility index (Phi) is 5.83. The predicted molar refractivity (Wildman–Crippen MR) is 108 cm³/mol. The molecule has 1 saturated carbocycles. The molecule has 0 bridgehead atoms. The molecule has 9 heteroatoms. The van der Waals surface area contributed by atoms with Crippen LogP contribution in [0.2, 0.25) is 0 Å². The van der Waals surface area contributed by atoms with Gasteiger partial charge >= 0.3 is 11.9 Å². The molecule has 0 spiro atoms. The van der Waals surface area contributed by atoms with Gasteiger partial charge in [-0.25, -0.2) is 4.79 Å². The number of aromatic nitrogens is 2. The van der Waals surface area contributed by atoms with Gasteiger partial charge in [0.2, 0.25) is 0 Å². The first-order valence-electron chi connectivity index (χ1n) is 10.1. The van der Waals surface area contributed by atoms with Crippen LogP contribution in [-0.2, 0) is 10.9 Å². The van der Waals surface area contributed by atoms with E-state index in [4.69, 9.17) is 4.74 Å². The second-order valence-corrected chi connectivity index (χ2v) is 8.93. The normalized spacial score (nSPS) is 25.0. The van der Waals surface area contributed by atoms with E-state index in [0.29, 0.717) is 17.7 Å². The minimum atomic E-state index is -4.47. The monoisotopic (exact) mass is 475 g/mol.